The molecular formula is C20H22. The van der Waals surface area contributed by atoms with Crippen LogP contribution in [0.1, 0.15) is 51.8 Å². The zero-order valence-electron chi connectivity index (χ0n) is 12.8. The van der Waals surface area contributed by atoms with Crippen LogP contribution in [0.4, 0.5) is 0 Å². The van der Waals surface area contributed by atoms with Gasteiger partial charge in [0.15, 0.2) is 0 Å². The number of hydrogen-bond acceptors (Lipinski definition) is 0. The smallest absolute Gasteiger partial charge is 0.000779 e. The molecule has 0 radical (unpaired) electrons. The summed E-state index contributed by atoms with van der Waals surface area (Å²) in [6, 6.07) is 7.16. The first-order chi connectivity index (χ1) is 9.66. The molecule has 20 heavy (non-hydrogen) atoms. The predicted molar refractivity (Wildman–Crippen MR) is 85.5 cm³/mol. The molecule has 0 atom stereocenters. The van der Waals surface area contributed by atoms with Gasteiger partial charge in [-0.3, -0.25) is 0 Å². The van der Waals surface area contributed by atoms with Gasteiger partial charge in [0.25, 0.3) is 0 Å². The molecule has 0 amide bonds. The molecule has 0 heterocycles. The second kappa shape index (κ2) is 4.22. The van der Waals surface area contributed by atoms with E-state index in [1.165, 1.54) is 59.9 Å². The Kier molecular flexibility index (Phi) is 2.57. The summed E-state index contributed by atoms with van der Waals surface area (Å²) in [5.74, 6) is 0. The van der Waals surface area contributed by atoms with Crippen LogP contribution in [0.3, 0.4) is 0 Å². The van der Waals surface area contributed by atoms with Gasteiger partial charge in [-0.15, -0.1) is 0 Å². The average molecular weight is 262 g/mol. The maximum atomic E-state index is 2.40. The van der Waals surface area contributed by atoms with Crippen molar-refractivity contribution < 1.29 is 0 Å². The van der Waals surface area contributed by atoms with E-state index in [4.69, 9.17) is 0 Å². The Balaban J connectivity index is 1.99. The molecule has 0 nitrogen and oxygen atoms in total. The average Bonchev–Trinajstić information content (AvgIpc) is 2.85. The van der Waals surface area contributed by atoms with Crippen LogP contribution in [0, 0.1) is 20.8 Å². The maximum Gasteiger partial charge on any atom is -0.000779 e. The minimum absolute atomic E-state index is 1.17. The van der Waals surface area contributed by atoms with Crippen molar-refractivity contribution >= 4 is 0 Å². The van der Waals surface area contributed by atoms with Gasteiger partial charge in [0.2, 0.25) is 0 Å². The van der Waals surface area contributed by atoms with Gasteiger partial charge < -0.3 is 0 Å². The lowest BCUT2D eigenvalue weighted by atomic mass is 9.86. The Labute approximate surface area is 121 Å². The molecule has 2 aliphatic rings. The van der Waals surface area contributed by atoms with Gasteiger partial charge in [-0.2, -0.15) is 0 Å². The van der Waals surface area contributed by atoms with E-state index >= 15 is 0 Å². The Morgan fingerprint density at radius 2 is 1.60 bits per heavy atom. The fraction of sp³-hybridized carbons (Fsp3) is 0.400. The van der Waals surface area contributed by atoms with Crippen LogP contribution in [0.15, 0.2) is 18.2 Å². The van der Waals surface area contributed by atoms with Crippen LogP contribution in [0.25, 0.3) is 11.1 Å². The van der Waals surface area contributed by atoms with Gasteiger partial charge in [0, 0.05) is 0 Å². The first-order valence-electron chi connectivity index (χ1n) is 7.90. The Bertz CT molecular complexity index is 720. The van der Waals surface area contributed by atoms with Crippen LogP contribution < -0.4 is 0 Å². The monoisotopic (exact) mass is 262 g/mol. The predicted octanol–water partition coefficient (Wildman–Crippen LogP) is 5.06. The molecule has 2 aromatic rings. The fourth-order valence-corrected chi connectivity index (χ4v) is 4.28. The van der Waals surface area contributed by atoms with E-state index in [1.807, 2.05) is 0 Å². The molecule has 2 aliphatic carbocycles. The number of fused-ring (bicyclic) bond motifs is 5. The van der Waals surface area contributed by atoms with Crippen LogP contribution in [-0.2, 0) is 19.3 Å². The first kappa shape index (κ1) is 12.2. The highest BCUT2D eigenvalue weighted by Crippen LogP contribution is 2.44. The molecule has 0 bridgehead atoms. The van der Waals surface area contributed by atoms with Crippen molar-refractivity contribution in [3.05, 3.63) is 57.1 Å². The number of rotatable bonds is 0. The summed E-state index contributed by atoms with van der Waals surface area (Å²) >= 11 is 0. The summed E-state index contributed by atoms with van der Waals surface area (Å²) in [5.41, 5.74) is 14.0. The van der Waals surface area contributed by atoms with Crippen molar-refractivity contribution in [3.8, 4) is 11.1 Å². The van der Waals surface area contributed by atoms with Crippen molar-refractivity contribution in [1.82, 2.24) is 0 Å². The quantitative estimate of drug-likeness (QED) is 0.531. The summed E-state index contributed by atoms with van der Waals surface area (Å²) in [4.78, 5) is 0. The molecule has 0 fully saturated rings. The van der Waals surface area contributed by atoms with Crippen molar-refractivity contribution in [2.75, 3.05) is 0 Å². The lowest BCUT2D eigenvalue weighted by Gasteiger charge is -2.19. The third kappa shape index (κ3) is 1.54. The normalized spacial score (nSPS) is 15.8. The standard InChI is InChI=1S/C20H22/c1-12-10-13(2)20-17-9-8-15-6-4-5-7-16(15)19(17)11-18(20)14(12)3/h8-10H,4-7,11H2,1-3H3. The summed E-state index contributed by atoms with van der Waals surface area (Å²) < 4.78 is 0. The van der Waals surface area contributed by atoms with E-state index < -0.39 is 0 Å². The van der Waals surface area contributed by atoms with Crippen molar-refractivity contribution in [1.29, 1.82) is 0 Å². The molecule has 0 heteroatoms. The van der Waals surface area contributed by atoms with E-state index in [0.29, 0.717) is 0 Å². The Morgan fingerprint density at radius 1 is 0.800 bits per heavy atom. The summed E-state index contributed by atoms with van der Waals surface area (Å²) in [6.45, 7) is 6.83. The van der Waals surface area contributed by atoms with Gasteiger partial charge in [-0.05, 0) is 103 Å². The van der Waals surface area contributed by atoms with E-state index in [2.05, 4.69) is 39.0 Å². The lowest BCUT2D eigenvalue weighted by Crippen LogP contribution is -2.05. The zero-order valence-corrected chi connectivity index (χ0v) is 12.8. The van der Waals surface area contributed by atoms with Crippen LogP contribution in [-0.4, -0.2) is 0 Å². The molecule has 0 aromatic heterocycles. The maximum absolute atomic E-state index is 2.40. The molecule has 4 rings (SSSR count). The molecule has 0 N–H and O–H groups in total. The second-order valence-corrected chi connectivity index (χ2v) is 6.60. The van der Waals surface area contributed by atoms with Gasteiger partial charge in [-0.25, -0.2) is 0 Å². The highest BCUT2D eigenvalue weighted by Gasteiger charge is 2.26. The Hall–Kier alpha value is -1.56. The third-order valence-corrected chi connectivity index (χ3v) is 5.45. The molecule has 102 valence electrons. The lowest BCUT2D eigenvalue weighted by molar-refractivity contribution is 0.681. The van der Waals surface area contributed by atoms with Gasteiger partial charge in [-0.1, -0.05) is 18.2 Å². The van der Waals surface area contributed by atoms with Crippen molar-refractivity contribution in [2.24, 2.45) is 0 Å². The Morgan fingerprint density at radius 3 is 2.45 bits per heavy atom. The van der Waals surface area contributed by atoms with Gasteiger partial charge in [0.1, 0.15) is 0 Å². The molecule has 0 saturated carbocycles. The van der Waals surface area contributed by atoms with E-state index in [1.54, 1.807) is 22.3 Å². The van der Waals surface area contributed by atoms with Crippen LogP contribution >= 0.6 is 0 Å². The highest BCUT2D eigenvalue weighted by atomic mass is 14.3. The van der Waals surface area contributed by atoms with Crippen LogP contribution in [0.2, 0.25) is 0 Å². The fourth-order valence-electron chi connectivity index (χ4n) is 4.28. The summed E-state index contributed by atoms with van der Waals surface area (Å²) in [6.07, 6.45) is 6.49. The van der Waals surface area contributed by atoms with Gasteiger partial charge in [0.05, 0.1) is 0 Å². The van der Waals surface area contributed by atoms with E-state index in [9.17, 15) is 0 Å². The van der Waals surface area contributed by atoms with Crippen LogP contribution in [0.5, 0.6) is 0 Å². The summed E-state index contributed by atoms with van der Waals surface area (Å²) in [5, 5.41) is 0. The minimum Gasteiger partial charge on any atom is -0.0581 e. The van der Waals surface area contributed by atoms with E-state index in [-0.39, 0.29) is 0 Å². The first-order valence-corrected chi connectivity index (χ1v) is 7.90. The van der Waals surface area contributed by atoms with Gasteiger partial charge >= 0.3 is 0 Å². The third-order valence-electron chi connectivity index (χ3n) is 5.45. The molecule has 0 saturated heterocycles. The summed E-state index contributed by atoms with van der Waals surface area (Å²) in [7, 11) is 0. The van der Waals surface area contributed by atoms with Crippen molar-refractivity contribution in [2.45, 2.75) is 52.9 Å². The molecule has 0 unspecified atom stereocenters. The minimum atomic E-state index is 1.17. The van der Waals surface area contributed by atoms with E-state index in [0.717, 1.165) is 0 Å². The molecule has 0 aliphatic heterocycles. The van der Waals surface area contributed by atoms with Crippen molar-refractivity contribution in [3.63, 3.8) is 0 Å². The molecule has 2 aromatic carbocycles. The largest absolute Gasteiger partial charge is 0.0581 e. The number of benzene rings is 2. The highest BCUT2D eigenvalue weighted by molar-refractivity contribution is 5.82. The molecule has 0 spiro atoms. The zero-order chi connectivity index (χ0) is 13.9. The number of aryl methyl sites for hydroxylation is 3. The number of hydrogen-bond donors (Lipinski definition) is 0. The SMILES string of the molecule is Cc1cc(C)c2c(c1C)Cc1c-2ccc2c1CCCC2. The molecular weight excluding hydrogens is 240 g/mol. The topological polar surface area (TPSA) is 0 Å². The second-order valence-electron chi connectivity index (χ2n) is 6.60.